The minimum Gasteiger partial charge on any atom is -0.351 e. The average molecular weight is 220 g/mol. The summed E-state index contributed by atoms with van der Waals surface area (Å²) in [6.45, 7) is 6.47. The summed E-state index contributed by atoms with van der Waals surface area (Å²) in [5.74, 6) is 1.23. The van der Waals surface area contributed by atoms with E-state index in [2.05, 4.69) is 34.4 Å². The summed E-state index contributed by atoms with van der Waals surface area (Å²) >= 11 is 0. The van der Waals surface area contributed by atoms with Gasteiger partial charge in [-0.25, -0.2) is 9.97 Å². The Morgan fingerprint density at radius 3 is 2.81 bits per heavy atom. The molecular weight excluding hydrogens is 200 g/mol. The Morgan fingerprint density at radius 1 is 1.38 bits per heavy atom. The molecule has 0 spiro atoms. The molecule has 0 aliphatic carbocycles. The van der Waals surface area contributed by atoms with Crippen molar-refractivity contribution >= 4 is 5.95 Å². The summed E-state index contributed by atoms with van der Waals surface area (Å²) in [6.07, 6.45) is 4.14. The number of hydrogen-bond acceptors (Lipinski definition) is 4. The minimum atomic E-state index is 0.455. The molecule has 0 amide bonds. The normalized spacial score (nSPS) is 17.7. The van der Waals surface area contributed by atoms with E-state index in [1.54, 1.807) is 0 Å². The first kappa shape index (κ1) is 11.3. The first-order valence-corrected chi connectivity index (χ1v) is 6.06. The van der Waals surface area contributed by atoms with Gasteiger partial charge >= 0.3 is 0 Å². The molecular formula is C12H20N4. The van der Waals surface area contributed by atoms with Crippen LogP contribution >= 0.6 is 0 Å². The van der Waals surface area contributed by atoms with Crippen LogP contribution in [0.2, 0.25) is 0 Å². The Labute approximate surface area is 96.9 Å². The van der Waals surface area contributed by atoms with Crippen molar-refractivity contribution in [1.29, 1.82) is 0 Å². The van der Waals surface area contributed by atoms with E-state index < -0.39 is 0 Å². The van der Waals surface area contributed by atoms with Gasteiger partial charge in [0, 0.05) is 17.9 Å². The van der Waals surface area contributed by atoms with Gasteiger partial charge in [-0.1, -0.05) is 13.8 Å². The highest BCUT2D eigenvalue weighted by Crippen LogP contribution is 2.14. The first-order valence-electron chi connectivity index (χ1n) is 6.06. The van der Waals surface area contributed by atoms with Gasteiger partial charge in [0.2, 0.25) is 5.95 Å². The van der Waals surface area contributed by atoms with E-state index in [0.717, 1.165) is 37.6 Å². The smallest absolute Gasteiger partial charge is 0.223 e. The molecule has 1 fully saturated rings. The van der Waals surface area contributed by atoms with Gasteiger partial charge in [-0.05, 0) is 37.9 Å². The molecule has 1 aromatic heterocycles. The van der Waals surface area contributed by atoms with Gasteiger partial charge in [0.15, 0.2) is 0 Å². The van der Waals surface area contributed by atoms with E-state index in [-0.39, 0.29) is 0 Å². The van der Waals surface area contributed by atoms with Gasteiger partial charge in [0.25, 0.3) is 0 Å². The molecule has 16 heavy (non-hydrogen) atoms. The lowest BCUT2D eigenvalue weighted by atomic mass is 10.1. The maximum Gasteiger partial charge on any atom is 0.223 e. The molecule has 0 saturated carbocycles. The lowest BCUT2D eigenvalue weighted by Crippen LogP contribution is -2.35. The van der Waals surface area contributed by atoms with E-state index in [0.29, 0.717) is 12.0 Å². The highest BCUT2D eigenvalue weighted by molar-refractivity contribution is 5.27. The first-order chi connectivity index (χ1) is 7.75. The maximum atomic E-state index is 4.52. The van der Waals surface area contributed by atoms with Crippen molar-refractivity contribution in [2.24, 2.45) is 0 Å². The zero-order valence-corrected chi connectivity index (χ0v) is 10.0. The van der Waals surface area contributed by atoms with Crippen LogP contribution in [0.5, 0.6) is 0 Å². The van der Waals surface area contributed by atoms with Crippen LogP contribution in [0, 0.1) is 0 Å². The average Bonchev–Trinajstić information content (AvgIpc) is 2.30. The second-order valence-electron chi connectivity index (χ2n) is 4.63. The number of rotatable bonds is 3. The molecule has 2 N–H and O–H groups in total. The van der Waals surface area contributed by atoms with Gasteiger partial charge < -0.3 is 10.6 Å². The second-order valence-corrected chi connectivity index (χ2v) is 4.63. The van der Waals surface area contributed by atoms with Crippen LogP contribution in [0.4, 0.5) is 5.95 Å². The summed E-state index contributed by atoms with van der Waals surface area (Å²) in [5, 5.41) is 6.76. The van der Waals surface area contributed by atoms with E-state index in [9.17, 15) is 0 Å². The summed E-state index contributed by atoms with van der Waals surface area (Å²) in [7, 11) is 0. The number of aromatic nitrogens is 2. The van der Waals surface area contributed by atoms with Crippen molar-refractivity contribution in [3.05, 3.63) is 18.0 Å². The Morgan fingerprint density at radius 2 is 2.12 bits per heavy atom. The SMILES string of the molecule is CC(C)c1ccnc(NC2CCNCC2)n1. The third kappa shape index (κ3) is 2.92. The molecule has 1 saturated heterocycles. The molecule has 0 unspecified atom stereocenters. The Balaban J connectivity index is 2.00. The highest BCUT2D eigenvalue weighted by Gasteiger charge is 2.13. The van der Waals surface area contributed by atoms with Gasteiger partial charge in [0.05, 0.1) is 0 Å². The second kappa shape index (κ2) is 5.25. The van der Waals surface area contributed by atoms with E-state index in [1.165, 1.54) is 0 Å². The predicted molar refractivity (Wildman–Crippen MR) is 65.6 cm³/mol. The lowest BCUT2D eigenvalue weighted by Gasteiger charge is -2.23. The molecule has 0 aromatic carbocycles. The summed E-state index contributed by atoms with van der Waals surface area (Å²) in [4.78, 5) is 8.80. The van der Waals surface area contributed by atoms with Crippen molar-refractivity contribution < 1.29 is 0 Å². The number of nitrogens with one attached hydrogen (secondary N) is 2. The topological polar surface area (TPSA) is 49.8 Å². The van der Waals surface area contributed by atoms with E-state index in [4.69, 9.17) is 0 Å². The molecule has 1 aromatic rings. The van der Waals surface area contributed by atoms with Gasteiger partial charge in [-0.15, -0.1) is 0 Å². The standard InChI is InChI=1S/C12H20N4/c1-9(2)11-5-8-14-12(16-11)15-10-3-6-13-7-4-10/h5,8-10,13H,3-4,6-7H2,1-2H3,(H,14,15,16). The van der Waals surface area contributed by atoms with Crippen LogP contribution in [0.3, 0.4) is 0 Å². The fourth-order valence-electron chi connectivity index (χ4n) is 1.91. The summed E-state index contributed by atoms with van der Waals surface area (Å²) < 4.78 is 0. The van der Waals surface area contributed by atoms with Crippen LogP contribution in [-0.4, -0.2) is 29.1 Å². The number of hydrogen-bond donors (Lipinski definition) is 2. The monoisotopic (exact) mass is 220 g/mol. The van der Waals surface area contributed by atoms with Crippen LogP contribution in [0.15, 0.2) is 12.3 Å². The third-order valence-corrected chi connectivity index (χ3v) is 2.94. The number of nitrogens with zero attached hydrogens (tertiary/aromatic N) is 2. The molecule has 4 heteroatoms. The largest absolute Gasteiger partial charge is 0.351 e. The molecule has 0 atom stereocenters. The Hall–Kier alpha value is -1.16. The summed E-state index contributed by atoms with van der Waals surface area (Å²) in [6, 6.07) is 2.50. The number of piperidine rings is 1. The number of anilines is 1. The van der Waals surface area contributed by atoms with Crippen molar-refractivity contribution in [2.75, 3.05) is 18.4 Å². The molecule has 0 radical (unpaired) electrons. The van der Waals surface area contributed by atoms with E-state index in [1.807, 2.05) is 12.3 Å². The van der Waals surface area contributed by atoms with Gasteiger partial charge in [-0.2, -0.15) is 0 Å². The Bertz CT molecular complexity index is 332. The van der Waals surface area contributed by atoms with Crippen LogP contribution in [0.25, 0.3) is 0 Å². The molecule has 4 nitrogen and oxygen atoms in total. The lowest BCUT2D eigenvalue weighted by molar-refractivity contribution is 0.477. The van der Waals surface area contributed by atoms with Crippen molar-refractivity contribution in [1.82, 2.24) is 15.3 Å². The van der Waals surface area contributed by atoms with Crippen LogP contribution < -0.4 is 10.6 Å². The third-order valence-electron chi connectivity index (χ3n) is 2.94. The van der Waals surface area contributed by atoms with E-state index >= 15 is 0 Å². The molecule has 1 aliphatic rings. The maximum absolute atomic E-state index is 4.52. The van der Waals surface area contributed by atoms with Crippen molar-refractivity contribution in [2.45, 2.75) is 38.6 Å². The highest BCUT2D eigenvalue weighted by atomic mass is 15.1. The zero-order valence-electron chi connectivity index (χ0n) is 10.0. The van der Waals surface area contributed by atoms with Crippen molar-refractivity contribution in [3.63, 3.8) is 0 Å². The van der Waals surface area contributed by atoms with Crippen LogP contribution in [-0.2, 0) is 0 Å². The fourth-order valence-corrected chi connectivity index (χ4v) is 1.91. The Kier molecular flexibility index (Phi) is 3.72. The van der Waals surface area contributed by atoms with Crippen LogP contribution in [0.1, 0.15) is 38.3 Å². The quantitative estimate of drug-likeness (QED) is 0.815. The molecule has 1 aliphatic heterocycles. The predicted octanol–water partition coefficient (Wildman–Crippen LogP) is 1.76. The van der Waals surface area contributed by atoms with Gasteiger partial charge in [-0.3, -0.25) is 0 Å². The molecule has 2 rings (SSSR count). The fraction of sp³-hybridized carbons (Fsp3) is 0.667. The van der Waals surface area contributed by atoms with Crippen molar-refractivity contribution in [3.8, 4) is 0 Å². The zero-order chi connectivity index (χ0) is 11.4. The van der Waals surface area contributed by atoms with Gasteiger partial charge in [0.1, 0.15) is 0 Å². The summed E-state index contributed by atoms with van der Waals surface area (Å²) in [5.41, 5.74) is 1.10. The molecule has 88 valence electrons. The molecule has 0 bridgehead atoms. The molecule has 2 heterocycles. The minimum absolute atomic E-state index is 0.455.